The third-order valence-electron chi connectivity index (χ3n) is 4.68. The molecule has 1 aromatic carbocycles. The van der Waals surface area contributed by atoms with E-state index in [4.69, 9.17) is 0 Å². The Balaban J connectivity index is 1.96. The first kappa shape index (κ1) is 14.3. The van der Waals surface area contributed by atoms with Crippen LogP contribution >= 0.6 is 11.3 Å². The van der Waals surface area contributed by atoms with Gasteiger partial charge in [0.15, 0.2) is 5.78 Å². The van der Waals surface area contributed by atoms with Crippen molar-refractivity contribution in [2.75, 3.05) is 17.8 Å². The molecule has 3 heteroatoms. The normalized spacial score (nSPS) is 21.3. The highest BCUT2D eigenvalue weighted by atomic mass is 32.2. The molecule has 2 heterocycles. The van der Waals surface area contributed by atoms with Gasteiger partial charge in [0.05, 0.1) is 11.1 Å². The number of Topliss-reactive ketones (excluding diaryl/α,β-unsaturated/α-hetero) is 1. The number of carbonyl (C=O) groups excluding carboxylic acids is 1. The van der Waals surface area contributed by atoms with Gasteiger partial charge in [0.25, 0.3) is 0 Å². The van der Waals surface area contributed by atoms with Crippen molar-refractivity contribution >= 4 is 33.6 Å². The first-order valence-electron chi connectivity index (χ1n) is 7.74. The summed E-state index contributed by atoms with van der Waals surface area (Å²) in [6.45, 7) is 0. The first-order valence-corrected chi connectivity index (χ1v) is 10.6. The van der Waals surface area contributed by atoms with Gasteiger partial charge in [0, 0.05) is 24.8 Å². The largest absolute Gasteiger partial charge is 0.293 e. The molecule has 0 unspecified atom stereocenters. The predicted octanol–water partition coefficient (Wildman–Crippen LogP) is 4.33. The zero-order valence-corrected chi connectivity index (χ0v) is 14.4. The van der Waals surface area contributed by atoms with E-state index in [9.17, 15) is 4.79 Å². The Morgan fingerprint density at radius 1 is 1.05 bits per heavy atom. The van der Waals surface area contributed by atoms with E-state index in [0.29, 0.717) is 17.3 Å². The summed E-state index contributed by atoms with van der Waals surface area (Å²) in [5.74, 6) is 2.88. The lowest BCUT2D eigenvalue weighted by Crippen LogP contribution is -2.18. The molecule has 0 amide bonds. The van der Waals surface area contributed by atoms with Crippen LogP contribution in [0.15, 0.2) is 41.3 Å². The van der Waals surface area contributed by atoms with Gasteiger partial charge < -0.3 is 0 Å². The molecule has 1 aliphatic carbocycles. The van der Waals surface area contributed by atoms with Crippen LogP contribution in [0.4, 0.5) is 0 Å². The molecule has 0 radical (unpaired) electrons. The number of allylic oxidation sites excluding steroid dienone is 1. The third kappa shape index (κ3) is 2.37. The molecule has 1 nitrogen and oxygen atoms in total. The van der Waals surface area contributed by atoms with Gasteiger partial charge in [-0.1, -0.05) is 29.8 Å². The minimum atomic E-state index is 0.277. The lowest BCUT2D eigenvalue weighted by atomic mass is 9.89. The maximum atomic E-state index is 12.6. The maximum absolute atomic E-state index is 12.6. The van der Waals surface area contributed by atoms with E-state index in [-0.39, 0.29) is 5.78 Å². The minimum absolute atomic E-state index is 0.277. The molecule has 22 heavy (non-hydrogen) atoms. The summed E-state index contributed by atoms with van der Waals surface area (Å²) in [7, 11) is 0.569. The number of fused-ring (bicyclic) bond motifs is 2. The minimum Gasteiger partial charge on any atom is -0.293 e. The van der Waals surface area contributed by atoms with Crippen LogP contribution in [-0.4, -0.2) is 23.5 Å². The number of hydrogen-bond acceptors (Lipinski definition) is 2. The molecule has 2 aromatic rings. The van der Waals surface area contributed by atoms with Crippen molar-refractivity contribution in [2.45, 2.75) is 19.3 Å². The topological polar surface area (TPSA) is 17.1 Å². The van der Waals surface area contributed by atoms with Gasteiger partial charge in [0.1, 0.15) is 11.5 Å². The van der Waals surface area contributed by atoms with Crippen molar-refractivity contribution in [1.82, 2.24) is 0 Å². The first-order chi connectivity index (χ1) is 10.7. The van der Waals surface area contributed by atoms with Gasteiger partial charge in [0.2, 0.25) is 0 Å². The Hall–Kier alpha value is -1.32. The van der Waals surface area contributed by atoms with Crippen LogP contribution in [0.1, 0.15) is 39.2 Å². The monoisotopic (exact) mass is 327 g/mol. The van der Waals surface area contributed by atoms with E-state index >= 15 is 0 Å². The summed E-state index contributed by atoms with van der Waals surface area (Å²) in [4.78, 5) is 13.6. The van der Waals surface area contributed by atoms with Gasteiger partial charge in [-0.15, -0.1) is 11.3 Å². The molecular weight excluding hydrogens is 308 g/mol. The second-order valence-electron chi connectivity index (χ2n) is 6.09. The number of carbonyl (C=O) groups is 1. The molecule has 0 bridgehead atoms. The van der Waals surface area contributed by atoms with E-state index in [0.717, 1.165) is 4.88 Å². The quantitative estimate of drug-likeness (QED) is 0.658. The second kappa shape index (κ2) is 5.71. The van der Waals surface area contributed by atoms with E-state index in [1.807, 2.05) is 0 Å². The fourth-order valence-corrected chi connectivity index (χ4v) is 5.73. The number of hydrogen-bond donors (Lipinski definition) is 0. The summed E-state index contributed by atoms with van der Waals surface area (Å²) >= 11 is 1.60. The summed E-state index contributed by atoms with van der Waals surface area (Å²) in [5.41, 5.74) is 6.61. The highest BCUT2D eigenvalue weighted by Crippen LogP contribution is 2.40. The highest BCUT2D eigenvalue weighted by Gasteiger charge is 2.29. The molecule has 0 saturated carbocycles. The molecule has 0 spiro atoms. The predicted molar refractivity (Wildman–Crippen MR) is 97.1 cm³/mol. The van der Waals surface area contributed by atoms with Crippen LogP contribution in [0.5, 0.6) is 0 Å². The van der Waals surface area contributed by atoms with Crippen LogP contribution in [0, 0.1) is 0 Å². The van der Waals surface area contributed by atoms with Crippen molar-refractivity contribution in [3.05, 3.63) is 62.9 Å². The molecule has 112 valence electrons. The molecule has 1 fully saturated rings. The Bertz CT molecular complexity index is 759. The van der Waals surface area contributed by atoms with E-state index < -0.39 is 0 Å². The smallest absolute Gasteiger partial charge is 0.177 e. The lowest BCUT2D eigenvalue weighted by molar-refractivity contribution is 0.0997. The van der Waals surface area contributed by atoms with Gasteiger partial charge in [-0.3, -0.25) is 4.79 Å². The molecule has 1 aliphatic heterocycles. The van der Waals surface area contributed by atoms with Crippen LogP contribution in [0.25, 0.3) is 5.57 Å². The van der Waals surface area contributed by atoms with Gasteiger partial charge in [-0.05, 0) is 39.0 Å². The Morgan fingerprint density at radius 2 is 1.82 bits per heavy atom. The van der Waals surface area contributed by atoms with Crippen molar-refractivity contribution < 1.29 is 4.79 Å². The molecule has 0 N–H and O–H groups in total. The van der Waals surface area contributed by atoms with Crippen LogP contribution in [0.2, 0.25) is 0 Å². The van der Waals surface area contributed by atoms with Crippen molar-refractivity contribution in [3.8, 4) is 0 Å². The number of rotatable bonds is 0. The molecule has 1 aromatic heterocycles. The van der Waals surface area contributed by atoms with Gasteiger partial charge in [-0.2, -0.15) is 0 Å². The Labute approximate surface area is 138 Å². The molecule has 2 aliphatic rings. The summed E-state index contributed by atoms with van der Waals surface area (Å²) in [6, 6.07) is 10.6. The summed E-state index contributed by atoms with van der Waals surface area (Å²) in [6.07, 6.45) is 5.29. The lowest BCUT2D eigenvalue weighted by Gasteiger charge is -2.20. The van der Waals surface area contributed by atoms with E-state index in [2.05, 4.69) is 42.0 Å². The van der Waals surface area contributed by atoms with Crippen molar-refractivity contribution in [3.63, 3.8) is 0 Å². The van der Waals surface area contributed by atoms with Gasteiger partial charge in [-0.25, -0.2) is 0 Å². The zero-order valence-electron chi connectivity index (χ0n) is 12.7. The Morgan fingerprint density at radius 3 is 2.64 bits per heavy atom. The number of thiophene rings is 1. The zero-order chi connectivity index (χ0) is 15.1. The standard InChI is InChI=1S/C19H19OS2/c1-22-10-7-13(8-11-22)18-15-5-3-2-4-14(15)12-17(20)19-16(18)6-9-21-19/h2-6,9H,7-8,10-12H2,1H3/q+1. The van der Waals surface area contributed by atoms with Crippen molar-refractivity contribution in [1.29, 1.82) is 0 Å². The maximum Gasteiger partial charge on any atom is 0.177 e. The number of benzene rings is 1. The molecule has 4 rings (SSSR count). The Kier molecular flexibility index (Phi) is 3.71. The van der Waals surface area contributed by atoms with E-state index in [1.165, 1.54) is 46.6 Å². The van der Waals surface area contributed by atoms with Gasteiger partial charge >= 0.3 is 0 Å². The second-order valence-corrected chi connectivity index (χ2v) is 9.38. The fraction of sp³-hybridized carbons (Fsp3) is 0.316. The SMILES string of the molecule is C[S+]1CCC(=C2c3ccccc3CC(=O)c3sccc32)CC1. The highest BCUT2D eigenvalue weighted by molar-refractivity contribution is 7.96. The molecule has 1 saturated heterocycles. The molecular formula is C19H19OS2+. The summed E-state index contributed by atoms with van der Waals surface area (Å²) < 4.78 is 0. The summed E-state index contributed by atoms with van der Waals surface area (Å²) in [5, 5.41) is 2.07. The van der Waals surface area contributed by atoms with E-state index in [1.54, 1.807) is 16.9 Å². The average Bonchev–Trinajstić information content (AvgIpc) is 2.96. The third-order valence-corrected chi connectivity index (χ3v) is 7.44. The van der Waals surface area contributed by atoms with Crippen LogP contribution in [0.3, 0.4) is 0 Å². The van der Waals surface area contributed by atoms with Crippen LogP contribution in [-0.2, 0) is 17.3 Å². The molecule has 0 atom stereocenters. The van der Waals surface area contributed by atoms with Crippen molar-refractivity contribution in [2.24, 2.45) is 0 Å². The fourth-order valence-electron chi connectivity index (χ4n) is 3.49. The van der Waals surface area contributed by atoms with Crippen LogP contribution < -0.4 is 0 Å². The average molecular weight is 327 g/mol. The number of ketones is 1.